The molecule has 0 spiro atoms. The van der Waals surface area contributed by atoms with E-state index in [9.17, 15) is 9.50 Å². The Morgan fingerprint density at radius 1 is 1.23 bits per heavy atom. The van der Waals surface area contributed by atoms with E-state index in [1.54, 1.807) is 17.0 Å². The Labute approximate surface area is 191 Å². The molecule has 0 saturated carbocycles. The molecule has 3 aromatic rings. The highest BCUT2D eigenvalue weighted by Gasteiger charge is 2.19. The summed E-state index contributed by atoms with van der Waals surface area (Å²) in [5, 5.41) is 15.2. The maximum absolute atomic E-state index is 14.3. The number of anilines is 2. The van der Waals surface area contributed by atoms with Crippen molar-refractivity contribution < 1.29 is 14.2 Å². The van der Waals surface area contributed by atoms with Crippen LogP contribution in [-0.4, -0.2) is 47.1 Å². The fourth-order valence-corrected chi connectivity index (χ4v) is 3.95. The van der Waals surface area contributed by atoms with Gasteiger partial charge in [-0.15, -0.1) is 0 Å². The van der Waals surface area contributed by atoms with Gasteiger partial charge in [0, 0.05) is 28.7 Å². The second kappa shape index (κ2) is 9.59. The predicted octanol–water partition coefficient (Wildman–Crippen LogP) is 4.44. The number of aromatic hydroxyl groups is 1. The lowest BCUT2D eigenvalue weighted by molar-refractivity contribution is 0.122. The summed E-state index contributed by atoms with van der Waals surface area (Å²) in [4.78, 5) is 10.1. The molecule has 7 nitrogen and oxygen atoms in total. The van der Waals surface area contributed by atoms with Crippen LogP contribution in [0.15, 0.2) is 58.2 Å². The Morgan fingerprint density at radius 3 is 2.71 bits per heavy atom. The maximum Gasteiger partial charge on any atom is 0.245 e. The van der Waals surface area contributed by atoms with E-state index in [0.717, 1.165) is 11.8 Å². The molecule has 31 heavy (non-hydrogen) atoms. The van der Waals surface area contributed by atoms with E-state index in [1.807, 2.05) is 30.3 Å². The van der Waals surface area contributed by atoms with E-state index in [4.69, 9.17) is 16.3 Å². The molecule has 1 aliphatic heterocycles. The lowest BCUT2D eigenvalue weighted by Gasteiger charge is -2.27. The molecule has 2 aromatic carbocycles. The van der Waals surface area contributed by atoms with Crippen LogP contribution in [-0.2, 0) is 4.74 Å². The molecule has 10 heteroatoms. The monoisotopic (exact) mass is 505 g/mol. The number of morpholine rings is 1. The molecule has 2 heterocycles. The summed E-state index contributed by atoms with van der Waals surface area (Å²) in [6.07, 6.45) is 1.10. The normalized spacial score (nSPS) is 14.5. The summed E-state index contributed by atoms with van der Waals surface area (Å²) in [6, 6.07) is 12.6. The van der Waals surface area contributed by atoms with Crippen molar-refractivity contribution in [3.8, 4) is 5.75 Å². The van der Waals surface area contributed by atoms with Gasteiger partial charge >= 0.3 is 0 Å². The van der Waals surface area contributed by atoms with Crippen molar-refractivity contribution in [1.82, 2.24) is 9.97 Å². The molecule has 0 aliphatic carbocycles. The molecular weight excluding hydrogens is 489 g/mol. The number of hydrazone groups is 1. The van der Waals surface area contributed by atoms with Crippen LogP contribution in [0.4, 0.5) is 16.2 Å². The largest absolute Gasteiger partial charge is 0.506 e. The number of nitrogens with zero attached hydrogens (tertiary/aromatic N) is 4. The van der Waals surface area contributed by atoms with Crippen LogP contribution in [0.3, 0.4) is 0 Å². The molecular formula is C21H18BrClFN5O2. The highest BCUT2D eigenvalue weighted by atomic mass is 79.9. The van der Waals surface area contributed by atoms with E-state index in [2.05, 4.69) is 36.4 Å². The van der Waals surface area contributed by atoms with Gasteiger partial charge in [0.1, 0.15) is 11.5 Å². The molecule has 0 bridgehead atoms. The summed E-state index contributed by atoms with van der Waals surface area (Å²) in [5.74, 6) is -0.318. The van der Waals surface area contributed by atoms with Gasteiger partial charge in [0.25, 0.3) is 0 Å². The van der Waals surface area contributed by atoms with Crippen molar-refractivity contribution in [3.63, 3.8) is 0 Å². The molecule has 2 N–H and O–H groups in total. The number of nitrogens with one attached hydrogen (secondary N) is 1. The third-order valence-electron chi connectivity index (χ3n) is 4.63. The first-order chi connectivity index (χ1) is 15.0. The third-order valence-corrected chi connectivity index (χ3v) is 5.38. The van der Waals surface area contributed by atoms with Crippen molar-refractivity contribution in [2.24, 2.45) is 5.10 Å². The first-order valence-electron chi connectivity index (χ1n) is 9.45. The average Bonchev–Trinajstić information content (AvgIpc) is 2.79. The predicted molar refractivity (Wildman–Crippen MR) is 122 cm³/mol. The molecule has 0 amide bonds. The topological polar surface area (TPSA) is 82.9 Å². The second-order valence-electron chi connectivity index (χ2n) is 6.69. The maximum atomic E-state index is 14.3. The van der Waals surface area contributed by atoms with Crippen molar-refractivity contribution in [1.29, 1.82) is 0 Å². The van der Waals surface area contributed by atoms with Gasteiger partial charge in [0.2, 0.25) is 5.95 Å². The van der Waals surface area contributed by atoms with Gasteiger partial charge < -0.3 is 14.7 Å². The second-order valence-corrected chi connectivity index (χ2v) is 8.01. The Kier molecular flexibility index (Phi) is 6.64. The van der Waals surface area contributed by atoms with E-state index in [-0.39, 0.29) is 22.5 Å². The molecule has 0 atom stereocenters. The fraction of sp³-hybridized carbons (Fsp3) is 0.190. The van der Waals surface area contributed by atoms with Crippen LogP contribution in [0.2, 0.25) is 5.02 Å². The Bertz CT molecular complexity index is 1110. The number of phenolic OH excluding ortho intramolecular Hbond substituents is 1. The van der Waals surface area contributed by atoms with Gasteiger partial charge in [-0.25, -0.2) is 14.8 Å². The number of halogens is 3. The summed E-state index contributed by atoms with van der Waals surface area (Å²) in [6.45, 7) is 2.09. The quantitative estimate of drug-likeness (QED) is 0.393. The lowest BCUT2D eigenvalue weighted by atomic mass is 10.0. The van der Waals surface area contributed by atoms with Crippen LogP contribution < -0.4 is 10.3 Å². The van der Waals surface area contributed by atoms with Crippen molar-refractivity contribution in [2.75, 3.05) is 36.6 Å². The Morgan fingerprint density at radius 2 is 1.97 bits per heavy atom. The van der Waals surface area contributed by atoms with E-state index < -0.39 is 5.82 Å². The average molecular weight is 507 g/mol. The summed E-state index contributed by atoms with van der Waals surface area (Å²) in [7, 11) is 0. The van der Waals surface area contributed by atoms with Gasteiger partial charge in [0.05, 0.1) is 24.4 Å². The van der Waals surface area contributed by atoms with Crippen molar-refractivity contribution in [2.45, 2.75) is 0 Å². The van der Waals surface area contributed by atoms with Crippen molar-refractivity contribution >= 4 is 45.0 Å². The van der Waals surface area contributed by atoms with Crippen molar-refractivity contribution in [3.05, 3.63) is 75.1 Å². The van der Waals surface area contributed by atoms with Crippen LogP contribution in [0, 0.1) is 5.82 Å². The Balaban J connectivity index is 1.71. The van der Waals surface area contributed by atoms with Gasteiger partial charge in [0.15, 0.2) is 11.6 Å². The van der Waals surface area contributed by atoms with E-state index >= 15 is 0 Å². The molecule has 1 saturated heterocycles. The first kappa shape index (κ1) is 21.5. The zero-order valence-corrected chi connectivity index (χ0v) is 18.6. The van der Waals surface area contributed by atoms with Crippen LogP contribution in [0.5, 0.6) is 5.75 Å². The van der Waals surface area contributed by atoms with Gasteiger partial charge in [-0.2, -0.15) is 10.1 Å². The molecule has 4 rings (SSSR count). The number of aromatic nitrogens is 2. The molecule has 0 unspecified atom stereocenters. The fourth-order valence-electron chi connectivity index (χ4n) is 3.14. The van der Waals surface area contributed by atoms with E-state index in [1.165, 1.54) is 0 Å². The minimum atomic E-state index is -0.517. The first-order valence-corrected chi connectivity index (χ1v) is 10.6. The van der Waals surface area contributed by atoms with Crippen LogP contribution in [0.1, 0.15) is 11.1 Å². The minimum Gasteiger partial charge on any atom is -0.506 e. The number of ether oxygens (including phenoxy) is 1. The zero-order valence-electron chi connectivity index (χ0n) is 16.2. The molecule has 1 aromatic heterocycles. The highest BCUT2D eigenvalue weighted by Crippen LogP contribution is 2.33. The molecule has 1 fully saturated rings. The molecule has 160 valence electrons. The van der Waals surface area contributed by atoms with Crippen LogP contribution >= 0.6 is 27.5 Å². The summed E-state index contributed by atoms with van der Waals surface area (Å²) >= 11 is 9.55. The SMILES string of the molecule is Oc1c(Cl)cc(Br)cc1/C(=N/Nc1ncc(F)c(N2CCOCC2)n1)c1ccccc1. The smallest absolute Gasteiger partial charge is 0.245 e. The van der Waals surface area contributed by atoms with Gasteiger partial charge in [-0.05, 0) is 12.1 Å². The summed E-state index contributed by atoms with van der Waals surface area (Å²) < 4.78 is 20.3. The number of phenols is 1. The standard InChI is InChI=1S/C21H18BrClFN5O2/c22-14-10-15(19(30)16(23)11-14)18(13-4-2-1-3-5-13)27-28-21-25-12-17(24)20(26-21)29-6-8-31-9-7-29/h1-5,10-12,30H,6-9H2,(H,25,26,28)/b27-18+. The lowest BCUT2D eigenvalue weighted by Crippen LogP contribution is -2.37. The zero-order chi connectivity index (χ0) is 21.8. The Hall–Kier alpha value is -2.75. The number of hydrogen-bond donors (Lipinski definition) is 2. The number of rotatable bonds is 5. The summed E-state index contributed by atoms with van der Waals surface area (Å²) in [5.41, 5.74) is 4.35. The molecule has 0 radical (unpaired) electrons. The van der Waals surface area contributed by atoms with E-state index in [0.29, 0.717) is 42.1 Å². The number of hydrogen-bond acceptors (Lipinski definition) is 7. The van der Waals surface area contributed by atoms with Gasteiger partial charge in [-0.3, -0.25) is 0 Å². The number of benzene rings is 2. The highest BCUT2D eigenvalue weighted by molar-refractivity contribution is 9.10. The van der Waals surface area contributed by atoms with Gasteiger partial charge in [-0.1, -0.05) is 57.9 Å². The third kappa shape index (κ3) is 4.95. The van der Waals surface area contributed by atoms with Crippen LogP contribution in [0.25, 0.3) is 0 Å². The molecule has 1 aliphatic rings. The minimum absolute atomic E-state index is 0.108.